The van der Waals surface area contributed by atoms with Gasteiger partial charge in [-0.2, -0.15) is 13.2 Å². The summed E-state index contributed by atoms with van der Waals surface area (Å²) >= 11 is 0. The van der Waals surface area contributed by atoms with E-state index in [-0.39, 0.29) is 18.1 Å². The minimum atomic E-state index is -4.30. The first kappa shape index (κ1) is 23.0. The lowest BCUT2D eigenvalue weighted by atomic mass is 9.77. The van der Waals surface area contributed by atoms with Crippen molar-refractivity contribution in [2.24, 2.45) is 5.92 Å². The molecule has 0 aromatic heterocycles. The molecule has 5 heteroatoms. The van der Waals surface area contributed by atoms with Gasteiger partial charge in [0.25, 0.3) is 0 Å². The van der Waals surface area contributed by atoms with Gasteiger partial charge in [-0.15, -0.1) is 0 Å². The smallest absolute Gasteiger partial charge is 0.396 e. The summed E-state index contributed by atoms with van der Waals surface area (Å²) < 4.78 is 38.6. The zero-order valence-corrected chi connectivity index (χ0v) is 17.5. The molecular weight excluding hydrogens is 363 g/mol. The van der Waals surface area contributed by atoms with Crippen molar-refractivity contribution in [3.05, 3.63) is 47.0 Å². The fraction of sp³-hybridized carbons (Fsp3) is 0.652. The molecule has 0 saturated carbocycles. The first-order valence-electron chi connectivity index (χ1n) is 10.2. The van der Waals surface area contributed by atoms with Crippen LogP contribution in [0.15, 0.2) is 35.9 Å². The molecule has 0 aliphatic carbocycles. The van der Waals surface area contributed by atoms with Crippen molar-refractivity contribution < 1.29 is 18.3 Å². The molecule has 0 radical (unpaired) electrons. The second-order valence-corrected chi connectivity index (χ2v) is 8.97. The molecule has 1 unspecified atom stereocenters. The second kappa shape index (κ2) is 9.45. The standard InChI is InChI=1S/C23H34F3NO/c1-17(2)15-21(27-12-9-18(10-13-27)11-14-28)16-22(3,4)19-5-7-20(8-6-19)23(24,25)26/h5-8,15,18,21,28H,9-14,16H2,1-4H3. The maximum Gasteiger partial charge on any atom is 0.416 e. The van der Waals surface area contributed by atoms with Gasteiger partial charge in [-0.1, -0.05) is 37.6 Å². The van der Waals surface area contributed by atoms with Gasteiger partial charge in [-0.3, -0.25) is 4.90 Å². The van der Waals surface area contributed by atoms with Crippen LogP contribution in [0, 0.1) is 5.92 Å². The fourth-order valence-electron chi connectivity index (χ4n) is 4.19. The number of aliphatic hydroxyl groups excluding tert-OH is 1. The SMILES string of the molecule is CC(C)=CC(CC(C)(C)c1ccc(C(F)(F)F)cc1)N1CCC(CCO)CC1. The average Bonchev–Trinajstić information content (AvgIpc) is 2.61. The van der Waals surface area contributed by atoms with Gasteiger partial charge in [0.1, 0.15) is 0 Å². The molecule has 1 saturated heterocycles. The number of benzene rings is 1. The number of halogens is 3. The van der Waals surface area contributed by atoms with Crippen LogP contribution in [0.1, 0.15) is 64.5 Å². The number of rotatable bonds is 7. The first-order valence-corrected chi connectivity index (χ1v) is 10.2. The Balaban J connectivity index is 2.13. The number of allylic oxidation sites excluding steroid dienone is 1. The summed E-state index contributed by atoms with van der Waals surface area (Å²) in [5.41, 5.74) is 1.36. The molecular formula is C23H34F3NO. The van der Waals surface area contributed by atoms with Crippen LogP contribution in [-0.2, 0) is 11.6 Å². The Hall–Kier alpha value is -1.33. The largest absolute Gasteiger partial charge is 0.416 e. The van der Waals surface area contributed by atoms with Crippen molar-refractivity contribution in [1.29, 1.82) is 0 Å². The summed E-state index contributed by atoms with van der Waals surface area (Å²) in [6.07, 6.45) is 1.90. The molecule has 1 aromatic rings. The van der Waals surface area contributed by atoms with E-state index in [0.717, 1.165) is 44.3 Å². The minimum Gasteiger partial charge on any atom is -0.396 e. The summed E-state index contributed by atoms with van der Waals surface area (Å²) in [5.74, 6) is 0.594. The van der Waals surface area contributed by atoms with Gasteiger partial charge >= 0.3 is 6.18 Å². The van der Waals surface area contributed by atoms with Gasteiger partial charge in [0, 0.05) is 12.6 Å². The normalized spacial score (nSPS) is 18.1. The molecule has 1 heterocycles. The first-order chi connectivity index (χ1) is 13.0. The Morgan fingerprint density at radius 1 is 1.11 bits per heavy atom. The molecule has 2 rings (SSSR count). The molecule has 158 valence electrons. The number of hydrogen-bond acceptors (Lipinski definition) is 2. The molecule has 1 aliphatic rings. The van der Waals surface area contributed by atoms with Crippen LogP contribution < -0.4 is 0 Å². The topological polar surface area (TPSA) is 23.5 Å². The number of alkyl halides is 3. The zero-order chi connectivity index (χ0) is 20.9. The van der Waals surface area contributed by atoms with E-state index in [9.17, 15) is 13.2 Å². The Labute approximate surface area is 167 Å². The van der Waals surface area contributed by atoms with E-state index in [1.165, 1.54) is 17.7 Å². The maximum absolute atomic E-state index is 12.9. The number of aliphatic hydroxyl groups is 1. The minimum absolute atomic E-state index is 0.233. The van der Waals surface area contributed by atoms with E-state index < -0.39 is 11.7 Å². The molecule has 0 spiro atoms. The second-order valence-electron chi connectivity index (χ2n) is 8.97. The third kappa shape index (κ3) is 6.35. The van der Waals surface area contributed by atoms with Gasteiger partial charge in [-0.05, 0) is 81.6 Å². The van der Waals surface area contributed by atoms with Gasteiger partial charge in [-0.25, -0.2) is 0 Å². The Morgan fingerprint density at radius 2 is 1.64 bits per heavy atom. The lowest BCUT2D eigenvalue weighted by molar-refractivity contribution is -0.137. The molecule has 1 aromatic carbocycles. The monoisotopic (exact) mass is 397 g/mol. The predicted octanol–water partition coefficient (Wildman–Crippen LogP) is 5.80. The lowest BCUT2D eigenvalue weighted by Gasteiger charge is -2.40. The van der Waals surface area contributed by atoms with Crippen LogP contribution in [0.3, 0.4) is 0 Å². The van der Waals surface area contributed by atoms with Crippen molar-refractivity contribution in [1.82, 2.24) is 4.90 Å². The van der Waals surface area contributed by atoms with Crippen molar-refractivity contribution >= 4 is 0 Å². The van der Waals surface area contributed by atoms with Crippen LogP contribution in [0.5, 0.6) is 0 Å². The van der Waals surface area contributed by atoms with E-state index in [0.29, 0.717) is 5.92 Å². The van der Waals surface area contributed by atoms with Gasteiger partial charge in [0.15, 0.2) is 0 Å². The number of piperidine rings is 1. The predicted molar refractivity (Wildman–Crippen MR) is 108 cm³/mol. The molecule has 1 aliphatic heterocycles. The summed E-state index contributed by atoms with van der Waals surface area (Å²) in [6, 6.07) is 5.88. The van der Waals surface area contributed by atoms with Crippen LogP contribution in [0.2, 0.25) is 0 Å². The van der Waals surface area contributed by atoms with Crippen LogP contribution in [0.4, 0.5) is 13.2 Å². The van der Waals surface area contributed by atoms with E-state index in [2.05, 4.69) is 38.7 Å². The quantitative estimate of drug-likeness (QED) is 0.588. The lowest BCUT2D eigenvalue weighted by Crippen LogP contribution is -2.43. The highest BCUT2D eigenvalue weighted by Crippen LogP contribution is 2.35. The number of nitrogens with zero attached hydrogens (tertiary/aromatic N) is 1. The molecule has 2 nitrogen and oxygen atoms in total. The van der Waals surface area contributed by atoms with Crippen molar-refractivity contribution in [2.75, 3.05) is 19.7 Å². The van der Waals surface area contributed by atoms with Crippen LogP contribution in [0.25, 0.3) is 0 Å². The van der Waals surface area contributed by atoms with Gasteiger partial charge in [0.2, 0.25) is 0 Å². The van der Waals surface area contributed by atoms with Crippen molar-refractivity contribution in [2.45, 2.75) is 71.0 Å². The highest BCUT2D eigenvalue weighted by molar-refractivity contribution is 5.30. The zero-order valence-electron chi connectivity index (χ0n) is 17.5. The van der Waals surface area contributed by atoms with Crippen molar-refractivity contribution in [3.63, 3.8) is 0 Å². The Morgan fingerprint density at radius 3 is 2.11 bits per heavy atom. The van der Waals surface area contributed by atoms with Crippen molar-refractivity contribution in [3.8, 4) is 0 Å². The van der Waals surface area contributed by atoms with E-state index in [1.807, 2.05) is 0 Å². The third-order valence-electron chi connectivity index (χ3n) is 5.89. The van der Waals surface area contributed by atoms with E-state index in [4.69, 9.17) is 5.11 Å². The summed E-state index contributed by atoms with van der Waals surface area (Å²) in [6.45, 7) is 10.7. The highest BCUT2D eigenvalue weighted by Gasteiger charge is 2.33. The summed E-state index contributed by atoms with van der Waals surface area (Å²) in [5, 5.41) is 9.17. The third-order valence-corrected chi connectivity index (χ3v) is 5.89. The fourth-order valence-corrected chi connectivity index (χ4v) is 4.19. The Bertz CT molecular complexity index is 637. The molecule has 0 bridgehead atoms. The van der Waals surface area contributed by atoms with E-state index >= 15 is 0 Å². The average molecular weight is 398 g/mol. The molecule has 28 heavy (non-hydrogen) atoms. The molecule has 1 atom stereocenters. The molecule has 1 N–H and O–H groups in total. The number of likely N-dealkylation sites (tertiary alicyclic amines) is 1. The highest BCUT2D eigenvalue weighted by atomic mass is 19.4. The number of hydrogen-bond donors (Lipinski definition) is 1. The summed E-state index contributed by atoms with van der Waals surface area (Å²) in [7, 11) is 0. The summed E-state index contributed by atoms with van der Waals surface area (Å²) in [4.78, 5) is 2.49. The van der Waals surface area contributed by atoms with Gasteiger partial charge in [0.05, 0.1) is 5.56 Å². The Kier molecular flexibility index (Phi) is 7.74. The van der Waals surface area contributed by atoms with Crippen LogP contribution >= 0.6 is 0 Å². The molecule has 1 fully saturated rings. The van der Waals surface area contributed by atoms with Crippen LogP contribution in [-0.4, -0.2) is 35.7 Å². The molecule has 0 amide bonds. The van der Waals surface area contributed by atoms with E-state index in [1.54, 1.807) is 12.1 Å². The van der Waals surface area contributed by atoms with Gasteiger partial charge < -0.3 is 5.11 Å². The maximum atomic E-state index is 12.9.